The SMILES string of the molecule is CCNCc1cnc(N2CC(CC)CCC2C)s1. The topological polar surface area (TPSA) is 28.2 Å². The van der Waals surface area contributed by atoms with Gasteiger partial charge in [-0.3, -0.25) is 0 Å². The molecule has 1 aliphatic heterocycles. The predicted molar refractivity (Wildman–Crippen MR) is 79.3 cm³/mol. The fourth-order valence-electron chi connectivity index (χ4n) is 2.54. The van der Waals surface area contributed by atoms with Gasteiger partial charge < -0.3 is 10.2 Å². The Kier molecular flexibility index (Phi) is 5.01. The molecule has 1 aromatic heterocycles. The zero-order valence-electron chi connectivity index (χ0n) is 11.8. The van der Waals surface area contributed by atoms with E-state index >= 15 is 0 Å². The minimum absolute atomic E-state index is 0.644. The zero-order chi connectivity index (χ0) is 13.0. The van der Waals surface area contributed by atoms with Crippen LogP contribution in [-0.4, -0.2) is 24.1 Å². The predicted octanol–water partition coefficient (Wildman–Crippen LogP) is 3.27. The van der Waals surface area contributed by atoms with Crippen LogP contribution < -0.4 is 10.2 Å². The highest BCUT2D eigenvalue weighted by Crippen LogP contribution is 2.31. The molecule has 0 aliphatic carbocycles. The van der Waals surface area contributed by atoms with Crippen molar-refractivity contribution in [2.45, 2.75) is 52.6 Å². The summed E-state index contributed by atoms with van der Waals surface area (Å²) < 4.78 is 0. The molecule has 1 aromatic rings. The summed E-state index contributed by atoms with van der Waals surface area (Å²) in [5.41, 5.74) is 0. The molecule has 0 aromatic carbocycles. The summed E-state index contributed by atoms with van der Waals surface area (Å²) in [6.45, 7) is 9.93. The molecule has 1 saturated heterocycles. The number of anilines is 1. The summed E-state index contributed by atoms with van der Waals surface area (Å²) in [5.74, 6) is 0.849. The Hall–Kier alpha value is -0.610. The first-order valence-electron chi connectivity index (χ1n) is 7.16. The Bertz CT molecular complexity index is 364. The van der Waals surface area contributed by atoms with Crippen LogP contribution in [0.15, 0.2) is 6.20 Å². The van der Waals surface area contributed by atoms with Crippen LogP contribution in [0.4, 0.5) is 5.13 Å². The third-order valence-corrected chi connectivity index (χ3v) is 4.93. The molecule has 2 atom stereocenters. The quantitative estimate of drug-likeness (QED) is 0.887. The van der Waals surface area contributed by atoms with Gasteiger partial charge in [-0.25, -0.2) is 4.98 Å². The molecule has 4 heteroatoms. The van der Waals surface area contributed by atoms with Gasteiger partial charge in [-0.2, -0.15) is 0 Å². The largest absolute Gasteiger partial charge is 0.345 e. The normalized spacial score (nSPS) is 24.5. The highest BCUT2D eigenvalue weighted by molar-refractivity contribution is 7.15. The van der Waals surface area contributed by atoms with Gasteiger partial charge in [0.05, 0.1) is 0 Å². The molecular weight excluding hydrogens is 242 g/mol. The second kappa shape index (κ2) is 6.53. The van der Waals surface area contributed by atoms with Gasteiger partial charge in [-0.05, 0) is 32.2 Å². The van der Waals surface area contributed by atoms with Crippen LogP contribution >= 0.6 is 11.3 Å². The lowest BCUT2D eigenvalue weighted by Crippen LogP contribution is -2.41. The molecule has 2 rings (SSSR count). The highest BCUT2D eigenvalue weighted by atomic mass is 32.1. The first-order valence-corrected chi connectivity index (χ1v) is 7.98. The number of rotatable bonds is 5. The maximum Gasteiger partial charge on any atom is 0.185 e. The van der Waals surface area contributed by atoms with Crippen LogP contribution in [-0.2, 0) is 6.54 Å². The Balaban J connectivity index is 2.02. The highest BCUT2D eigenvalue weighted by Gasteiger charge is 2.26. The van der Waals surface area contributed by atoms with Crippen molar-refractivity contribution < 1.29 is 0 Å². The van der Waals surface area contributed by atoms with Gasteiger partial charge in [-0.15, -0.1) is 11.3 Å². The fraction of sp³-hybridized carbons (Fsp3) is 0.786. The van der Waals surface area contributed by atoms with Crippen molar-refractivity contribution >= 4 is 16.5 Å². The summed E-state index contributed by atoms with van der Waals surface area (Å²) in [6.07, 6.45) is 6.01. The second-order valence-corrected chi connectivity index (χ2v) is 6.34. The number of hydrogen-bond acceptors (Lipinski definition) is 4. The molecule has 1 aliphatic rings. The minimum atomic E-state index is 0.644. The van der Waals surface area contributed by atoms with Crippen LogP contribution in [0.3, 0.4) is 0 Å². The molecule has 1 fully saturated rings. The van der Waals surface area contributed by atoms with Crippen molar-refractivity contribution in [3.8, 4) is 0 Å². The second-order valence-electron chi connectivity index (χ2n) is 5.24. The maximum absolute atomic E-state index is 4.62. The summed E-state index contributed by atoms with van der Waals surface area (Å²) in [4.78, 5) is 8.47. The Morgan fingerprint density at radius 2 is 2.28 bits per heavy atom. The molecule has 1 N–H and O–H groups in total. The van der Waals surface area contributed by atoms with Crippen LogP contribution in [0, 0.1) is 5.92 Å². The molecule has 2 heterocycles. The third kappa shape index (κ3) is 3.23. The smallest absolute Gasteiger partial charge is 0.185 e. The van der Waals surface area contributed by atoms with Gasteiger partial charge in [-0.1, -0.05) is 20.3 Å². The molecule has 0 amide bonds. The van der Waals surface area contributed by atoms with E-state index in [0.717, 1.165) is 19.0 Å². The number of nitrogens with zero attached hydrogens (tertiary/aromatic N) is 2. The molecule has 102 valence electrons. The monoisotopic (exact) mass is 267 g/mol. The van der Waals surface area contributed by atoms with Crippen LogP contribution in [0.1, 0.15) is 44.9 Å². The first kappa shape index (κ1) is 13.8. The number of thiazole rings is 1. The van der Waals surface area contributed by atoms with E-state index in [0.29, 0.717) is 6.04 Å². The molecule has 2 unspecified atom stereocenters. The van der Waals surface area contributed by atoms with Gasteiger partial charge in [0.15, 0.2) is 5.13 Å². The third-order valence-electron chi connectivity index (χ3n) is 3.89. The van der Waals surface area contributed by atoms with E-state index < -0.39 is 0 Å². The lowest BCUT2D eigenvalue weighted by Gasteiger charge is -2.37. The van der Waals surface area contributed by atoms with E-state index in [9.17, 15) is 0 Å². The van der Waals surface area contributed by atoms with Gasteiger partial charge in [0.25, 0.3) is 0 Å². The lowest BCUT2D eigenvalue weighted by atomic mass is 9.92. The van der Waals surface area contributed by atoms with Crippen molar-refractivity contribution in [3.63, 3.8) is 0 Å². The van der Waals surface area contributed by atoms with Crippen LogP contribution in [0.5, 0.6) is 0 Å². The Morgan fingerprint density at radius 3 is 3.00 bits per heavy atom. The van der Waals surface area contributed by atoms with Gasteiger partial charge >= 0.3 is 0 Å². The molecule has 0 saturated carbocycles. The Morgan fingerprint density at radius 1 is 1.44 bits per heavy atom. The number of hydrogen-bond donors (Lipinski definition) is 1. The molecule has 0 radical (unpaired) electrons. The molecule has 18 heavy (non-hydrogen) atoms. The molecule has 3 nitrogen and oxygen atoms in total. The first-order chi connectivity index (χ1) is 8.74. The average Bonchev–Trinajstić information content (AvgIpc) is 2.85. The van der Waals surface area contributed by atoms with Gasteiger partial charge in [0.1, 0.15) is 0 Å². The van der Waals surface area contributed by atoms with E-state index in [4.69, 9.17) is 0 Å². The maximum atomic E-state index is 4.62. The van der Waals surface area contributed by atoms with Crippen molar-refractivity contribution in [1.82, 2.24) is 10.3 Å². The van der Waals surface area contributed by atoms with Crippen molar-refractivity contribution in [3.05, 3.63) is 11.1 Å². The lowest BCUT2D eigenvalue weighted by molar-refractivity contribution is 0.359. The summed E-state index contributed by atoms with van der Waals surface area (Å²) in [5, 5.41) is 4.58. The minimum Gasteiger partial charge on any atom is -0.345 e. The molecular formula is C14H25N3S. The summed E-state index contributed by atoms with van der Waals surface area (Å²) in [7, 11) is 0. The van der Waals surface area contributed by atoms with Crippen molar-refractivity contribution in [1.29, 1.82) is 0 Å². The number of piperidine rings is 1. The fourth-order valence-corrected chi connectivity index (χ4v) is 3.53. The number of nitrogens with one attached hydrogen (secondary N) is 1. The van der Waals surface area contributed by atoms with Gasteiger partial charge in [0, 0.05) is 30.2 Å². The van der Waals surface area contributed by atoms with E-state index in [1.807, 2.05) is 17.5 Å². The number of aromatic nitrogens is 1. The average molecular weight is 267 g/mol. The standard InChI is InChI=1S/C14H25N3S/c1-4-12-7-6-11(3)17(10-12)14-16-9-13(18-14)8-15-5-2/h9,11-12,15H,4-8,10H2,1-3H3. The van der Waals surface area contributed by atoms with E-state index in [-0.39, 0.29) is 0 Å². The van der Waals surface area contributed by atoms with Crippen molar-refractivity contribution in [2.24, 2.45) is 5.92 Å². The van der Waals surface area contributed by atoms with Crippen LogP contribution in [0.25, 0.3) is 0 Å². The van der Waals surface area contributed by atoms with E-state index in [1.165, 1.54) is 35.8 Å². The Labute approximate surface area is 115 Å². The molecule has 0 bridgehead atoms. The van der Waals surface area contributed by atoms with E-state index in [1.54, 1.807) is 0 Å². The van der Waals surface area contributed by atoms with Crippen LogP contribution in [0.2, 0.25) is 0 Å². The van der Waals surface area contributed by atoms with Gasteiger partial charge in [0.2, 0.25) is 0 Å². The summed E-state index contributed by atoms with van der Waals surface area (Å²) >= 11 is 1.85. The van der Waals surface area contributed by atoms with Crippen molar-refractivity contribution in [2.75, 3.05) is 18.0 Å². The molecule has 0 spiro atoms. The van der Waals surface area contributed by atoms with E-state index in [2.05, 4.69) is 36.0 Å². The summed E-state index contributed by atoms with van der Waals surface area (Å²) in [6, 6.07) is 0.644. The zero-order valence-corrected chi connectivity index (χ0v) is 12.6.